The number of rotatable bonds is 4. The molecular weight excluding hydrogens is 582 g/mol. The van der Waals surface area contributed by atoms with Gasteiger partial charge in [0, 0.05) is 21.5 Å². The van der Waals surface area contributed by atoms with Crippen LogP contribution in [0.4, 0.5) is 5.69 Å². The van der Waals surface area contributed by atoms with Crippen LogP contribution in [0.3, 0.4) is 0 Å². The minimum Gasteiger partial charge on any atom is -0.318 e. The third-order valence-electron chi connectivity index (χ3n) is 9.73. The predicted octanol–water partition coefficient (Wildman–Crippen LogP) is 7.16. The van der Waals surface area contributed by atoms with E-state index < -0.39 is 11.8 Å². The van der Waals surface area contributed by atoms with E-state index in [0.717, 1.165) is 44.9 Å². The van der Waals surface area contributed by atoms with Crippen molar-refractivity contribution in [1.82, 2.24) is 9.88 Å². The van der Waals surface area contributed by atoms with Crippen molar-refractivity contribution in [3.05, 3.63) is 87.2 Å². The van der Waals surface area contributed by atoms with Gasteiger partial charge < -0.3 is 4.57 Å². The van der Waals surface area contributed by atoms with Crippen molar-refractivity contribution in [3.63, 3.8) is 0 Å². The molecule has 2 amide bonds. The minimum atomic E-state index is -0.479. The lowest BCUT2D eigenvalue weighted by Gasteiger charge is -2.57. The molecule has 204 valence electrons. The quantitative estimate of drug-likeness (QED) is 0.193. The Morgan fingerprint density at radius 1 is 0.900 bits per heavy atom. The van der Waals surface area contributed by atoms with Crippen molar-refractivity contribution >= 4 is 56.8 Å². The monoisotopic (exact) mass is 613 g/mol. The number of aryl methyl sites for hydroxylation is 1. The molecule has 0 spiro atoms. The van der Waals surface area contributed by atoms with E-state index in [-0.39, 0.29) is 10.7 Å². The summed E-state index contributed by atoms with van der Waals surface area (Å²) in [6, 6.07) is 18.5. The Hall–Kier alpha value is -3.03. The molecule has 7 heteroatoms. The van der Waals surface area contributed by atoms with Gasteiger partial charge in [-0.2, -0.15) is 0 Å². The summed E-state index contributed by atoms with van der Waals surface area (Å²) >= 11 is 8.77. The van der Waals surface area contributed by atoms with Crippen molar-refractivity contribution in [2.45, 2.75) is 57.8 Å². The number of thiocarbonyl (C=S) groups is 1. The molecule has 1 saturated heterocycles. The number of carbonyl (C=O) groups excluding carboxylic acids is 2. The van der Waals surface area contributed by atoms with E-state index >= 15 is 0 Å². The number of hydrogen-bond donors (Lipinski definition) is 1. The van der Waals surface area contributed by atoms with Crippen LogP contribution in [0.2, 0.25) is 0 Å². The van der Waals surface area contributed by atoms with Crippen LogP contribution >= 0.6 is 28.1 Å². The Bertz CT molecular complexity index is 1550. The number of benzene rings is 2. The van der Waals surface area contributed by atoms with E-state index in [1.165, 1.54) is 49.0 Å². The van der Waals surface area contributed by atoms with Crippen LogP contribution in [-0.4, -0.2) is 21.5 Å². The molecule has 4 bridgehead atoms. The molecule has 0 radical (unpaired) electrons. The zero-order valence-electron chi connectivity index (χ0n) is 22.7. The van der Waals surface area contributed by atoms with Gasteiger partial charge in [-0.15, -0.1) is 0 Å². The molecule has 8 rings (SSSR count). The molecular formula is C33H32BrN3O2S. The fourth-order valence-corrected chi connectivity index (χ4v) is 8.94. The largest absolute Gasteiger partial charge is 0.318 e. The molecule has 0 atom stereocenters. The number of anilines is 1. The molecule has 2 aromatic carbocycles. The summed E-state index contributed by atoms with van der Waals surface area (Å²) in [5.41, 5.74) is 6.53. The summed E-state index contributed by atoms with van der Waals surface area (Å²) in [5, 5.41) is 2.77. The van der Waals surface area contributed by atoms with Crippen LogP contribution < -0.4 is 10.2 Å². The Kier molecular flexibility index (Phi) is 6.17. The second kappa shape index (κ2) is 9.52. The van der Waals surface area contributed by atoms with Gasteiger partial charge in [-0.05, 0) is 147 Å². The van der Waals surface area contributed by atoms with Crippen LogP contribution in [0.25, 0.3) is 11.8 Å². The molecule has 1 N–H and O–H groups in total. The molecule has 1 aliphatic heterocycles. The van der Waals surface area contributed by atoms with E-state index in [1.54, 1.807) is 18.2 Å². The molecule has 5 fully saturated rings. The molecule has 0 unspecified atom stereocenters. The molecule has 4 aliphatic carbocycles. The highest BCUT2D eigenvalue weighted by Crippen LogP contribution is 2.60. The highest BCUT2D eigenvalue weighted by molar-refractivity contribution is 9.10. The third kappa shape index (κ3) is 4.20. The number of amides is 2. The minimum absolute atomic E-state index is 0.0638. The van der Waals surface area contributed by atoms with Crippen LogP contribution in [0, 0.1) is 31.6 Å². The topological polar surface area (TPSA) is 54.3 Å². The summed E-state index contributed by atoms with van der Waals surface area (Å²) in [5.74, 6) is 1.85. The normalized spacial score (nSPS) is 28.5. The number of carbonyl (C=O) groups is 2. The maximum absolute atomic E-state index is 13.5. The van der Waals surface area contributed by atoms with Crippen molar-refractivity contribution in [2.24, 2.45) is 17.8 Å². The van der Waals surface area contributed by atoms with Crippen LogP contribution in [0.15, 0.2) is 64.6 Å². The second-order valence-electron chi connectivity index (χ2n) is 12.3. The average molecular weight is 615 g/mol. The maximum atomic E-state index is 13.5. The maximum Gasteiger partial charge on any atom is 0.270 e. The highest BCUT2D eigenvalue weighted by Gasteiger charge is 2.51. The number of nitrogens with zero attached hydrogens (tertiary/aromatic N) is 2. The van der Waals surface area contributed by atoms with E-state index in [0.29, 0.717) is 11.1 Å². The first-order valence-corrected chi connectivity index (χ1v) is 15.4. The summed E-state index contributed by atoms with van der Waals surface area (Å²) < 4.78 is 3.10. The lowest BCUT2D eigenvalue weighted by atomic mass is 9.48. The van der Waals surface area contributed by atoms with Gasteiger partial charge in [0.1, 0.15) is 5.57 Å². The Labute approximate surface area is 248 Å². The summed E-state index contributed by atoms with van der Waals surface area (Å²) in [4.78, 5) is 27.8. The molecule has 2 heterocycles. The molecule has 5 aliphatic rings. The third-order valence-corrected chi connectivity index (χ3v) is 10.5. The number of nitrogens with one attached hydrogen (secondary N) is 1. The van der Waals surface area contributed by atoms with Gasteiger partial charge in [0.2, 0.25) is 0 Å². The molecule has 1 aromatic heterocycles. The van der Waals surface area contributed by atoms with E-state index in [9.17, 15) is 9.59 Å². The summed E-state index contributed by atoms with van der Waals surface area (Å²) in [6.07, 6.45) is 10.1. The predicted molar refractivity (Wildman–Crippen MR) is 165 cm³/mol. The number of halogens is 1. The first kappa shape index (κ1) is 25.9. The number of hydrogen-bond acceptors (Lipinski definition) is 3. The van der Waals surface area contributed by atoms with E-state index in [4.69, 9.17) is 12.2 Å². The lowest BCUT2D eigenvalue weighted by molar-refractivity contribution is -0.122. The zero-order chi connectivity index (χ0) is 27.8. The highest BCUT2D eigenvalue weighted by atomic mass is 79.9. The van der Waals surface area contributed by atoms with E-state index in [1.807, 2.05) is 25.1 Å². The van der Waals surface area contributed by atoms with Gasteiger partial charge in [0.05, 0.1) is 5.69 Å². The van der Waals surface area contributed by atoms with Gasteiger partial charge in [-0.25, -0.2) is 0 Å². The second-order valence-corrected chi connectivity index (χ2v) is 13.6. The first-order valence-electron chi connectivity index (χ1n) is 14.2. The van der Waals surface area contributed by atoms with Crippen LogP contribution in [0.5, 0.6) is 0 Å². The smallest absolute Gasteiger partial charge is 0.270 e. The Morgan fingerprint density at radius 3 is 2.08 bits per heavy atom. The van der Waals surface area contributed by atoms with Crippen molar-refractivity contribution in [3.8, 4) is 5.69 Å². The van der Waals surface area contributed by atoms with Gasteiger partial charge in [-0.1, -0.05) is 28.1 Å². The van der Waals surface area contributed by atoms with Crippen LogP contribution in [-0.2, 0) is 15.0 Å². The van der Waals surface area contributed by atoms with Crippen molar-refractivity contribution < 1.29 is 9.59 Å². The van der Waals surface area contributed by atoms with Crippen molar-refractivity contribution in [2.75, 3.05) is 4.90 Å². The van der Waals surface area contributed by atoms with Gasteiger partial charge in [-0.3, -0.25) is 19.8 Å². The van der Waals surface area contributed by atoms with Crippen molar-refractivity contribution in [1.29, 1.82) is 0 Å². The van der Waals surface area contributed by atoms with Crippen LogP contribution in [0.1, 0.15) is 61.0 Å². The summed E-state index contributed by atoms with van der Waals surface area (Å²) in [6.45, 7) is 4.10. The van der Waals surface area contributed by atoms with Gasteiger partial charge >= 0.3 is 0 Å². The SMILES string of the molecule is Cc1cc(/C=C2\C(=O)NC(=S)N(c3ccc(Br)cc3)C2=O)c(C)n1-c1ccc(C23CC4CC(CC(C4)C2)C3)cc1. The molecule has 4 saturated carbocycles. The molecule has 5 nitrogen and oxygen atoms in total. The first-order chi connectivity index (χ1) is 19.2. The zero-order valence-corrected chi connectivity index (χ0v) is 25.1. The average Bonchev–Trinajstić information content (AvgIpc) is 3.19. The van der Waals surface area contributed by atoms with Gasteiger partial charge in [0.25, 0.3) is 11.8 Å². The molecule has 3 aromatic rings. The van der Waals surface area contributed by atoms with E-state index in [2.05, 4.69) is 57.0 Å². The Balaban J connectivity index is 1.19. The fraction of sp³-hybridized carbons (Fsp3) is 0.364. The molecule has 40 heavy (non-hydrogen) atoms. The standard InChI is InChI=1S/C33H32BrN3O2S/c1-19-11-24(15-29-30(38)35-32(40)37(31(29)39)28-9-5-26(34)6-10-28)20(2)36(19)27-7-3-25(4-8-27)33-16-21-12-22(17-33)14-23(13-21)18-33/h3-11,15,21-23H,12-14,16-18H2,1-2H3,(H,35,38,40)/b29-15+. The fourth-order valence-electron chi connectivity index (χ4n) is 8.40. The summed E-state index contributed by atoms with van der Waals surface area (Å²) in [7, 11) is 0. The van der Waals surface area contributed by atoms with Gasteiger partial charge in [0.15, 0.2) is 5.11 Å². The number of aromatic nitrogens is 1. The Morgan fingerprint density at radius 2 is 1.48 bits per heavy atom. The lowest BCUT2D eigenvalue weighted by Crippen LogP contribution is -2.54.